The van der Waals surface area contributed by atoms with Crippen molar-refractivity contribution in [3.8, 4) is 0 Å². The second-order valence-corrected chi connectivity index (χ2v) is 5.23. The van der Waals surface area contributed by atoms with E-state index in [0.717, 1.165) is 27.7 Å². The van der Waals surface area contributed by atoms with Crippen LogP contribution in [-0.4, -0.2) is 5.91 Å². The average Bonchev–Trinajstić information content (AvgIpc) is 2.37. The summed E-state index contributed by atoms with van der Waals surface area (Å²) in [6.07, 6.45) is 0. The minimum Gasteiger partial charge on any atom is -0.322 e. The fourth-order valence-corrected chi connectivity index (χ4v) is 2.39. The molecule has 1 amide bonds. The van der Waals surface area contributed by atoms with E-state index < -0.39 is 0 Å². The molecule has 3 heteroatoms. The van der Waals surface area contributed by atoms with Crippen molar-refractivity contribution in [1.82, 2.24) is 0 Å². The topological polar surface area (TPSA) is 29.1 Å². The molecule has 0 saturated carbocycles. The van der Waals surface area contributed by atoms with E-state index in [1.165, 1.54) is 0 Å². The molecule has 0 heterocycles. The zero-order valence-corrected chi connectivity index (χ0v) is 12.6. The predicted octanol–water partition coefficient (Wildman–Crippen LogP) is 4.45. The van der Waals surface area contributed by atoms with E-state index in [1.54, 1.807) is 0 Å². The van der Waals surface area contributed by atoms with Gasteiger partial charge in [-0.05, 0) is 43.7 Å². The molecule has 0 aliphatic heterocycles. The van der Waals surface area contributed by atoms with Gasteiger partial charge in [0, 0.05) is 16.6 Å². The van der Waals surface area contributed by atoms with Crippen molar-refractivity contribution in [1.29, 1.82) is 0 Å². The molecule has 0 spiro atoms. The molecule has 0 atom stereocenters. The first-order chi connectivity index (χ1) is 9.08. The molecule has 0 radical (unpaired) electrons. The van der Waals surface area contributed by atoms with Crippen molar-refractivity contribution < 1.29 is 4.79 Å². The monoisotopic (exact) mass is 317 g/mol. The SMILES string of the molecule is Cc1cc(C)cc(C(=O)Nc2cccc(CBr)c2)c1. The van der Waals surface area contributed by atoms with E-state index in [9.17, 15) is 4.79 Å². The van der Waals surface area contributed by atoms with Gasteiger partial charge in [-0.2, -0.15) is 0 Å². The highest BCUT2D eigenvalue weighted by Crippen LogP contribution is 2.15. The molecule has 19 heavy (non-hydrogen) atoms. The van der Waals surface area contributed by atoms with Crippen LogP contribution in [0.1, 0.15) is 27.0 Å². The van der Waals surface area contributed by atoms with Gasteiger partial charge in [-0.25, -0.2) is 0 Å². The van der Waals surface area contributed by atoms with Gasteiger partial charge in [0.05, 0.1) is 0 Å². The Hall–Kier alpha value is -1.61. The Balaban J connectivity index is 2.20. The van der Waals surface area contributed by atoms with Crippen LogP contribution in [0.5, 0.6) is 0 Å². The van der Waals surface area contributed by atoms with Crippen molar-refractivity contribution in [2.24, 2.45) is 0 Å². The zero-order valence-electron chi connectivity index (χ0n) is 11.0. The van der Waals surface area contributed by atoms with Crippen LogP contribution in [0.25, 0.3) is 0 Å². The molecule has 98 valence electrons. The van der Waals surface area contributed by atoms with E-state index in [1.807, 2.05) is 50.2 Å². The molecular formula is C16H16BrNO. The van der Waals surface area contributed by atoms with E-state index in [-0.39, 0.29) is 5.91 Å². The largest absolute Gasteiger partial charge is 0.322 e. The number of carbonyl (C=O) groups is 1. The lowest BCUT2D eigenvalue weighted by molar-refractivity contribution is 0.102. The van der Waals surface area contributed by atoms with E-state index in [4.69, 9.17) is 0 Å². The summed E-state index contributed by atoms with van der Waals surface area (Å²) < 4.78 is 0. The van der Waals surface area contributed by atoms with Gasteiger partial charge in [-0.1, -0.05) is 45.3 Å². The van der Waals surface area contributed by atoms with Crippen molar-refractivity contribution in [3.63, 3.8) is 0 Å². The first kappa shape index (κ1) is 13.8. The molecular weight excluding hydrogens is 302 g/mol. The van der Waals surface area contributed by atoms with Crippen LogP contribution in [0.15, 0.2) is 42.5 Å². The fourth-order valence-electron chi connectivity index (χ4n) is 2.04. The molecule has 0 fully saturated rings. The van der Waals surface area contributed by atoms with Crippen molar-refractivity contribution in [3.05, 3.63) is 64.7 Å². The van der Waals surface area contributed by atoms with Crippen LogP contribution >= 0.6 is 15.9 Å². The third-order valence-corrected chi connectivity index (χ3v) is 3.47. The highest BCUT2D eigenvalue weighted by molar-refractivity contribution is 9.08. The standard InChI is InChI=1S/C16H16BrNO/c1-11-6-12(2)8-14(7-11)16(19)18-15-5-3-4-13(9-15)10-17/h3-9H,10H2,1-2H3,(H,18,19). The van der Waals surface area contributed by atoms with E-state index in [2.05, 4.69) is 27.3 Å². The predicted molar refractivity (Wildman–Crippen MR) is 82.9 cm³/mol. The van der Waals surface area contributed by atoms with Gasteiger partial charge >= 0.3 is 0 Å². The van der Waals surface area contributed by atoms with Crippen LogP contribution < -0.4 is 5.32 Å². The summed E-state index contributed by atoms with van der Waals surface area (Å²) in [6, 6.07) is 13.7. The van der Waals surface area contributed by atoms with Gasteiger partial charge in [-0.3, -0.25) is 4.79 Å². The number of hydrogen-bond donors (Lipinski definition) is 1. The van der Waals surface area contributed by atoms with Gasteiger partial charge in [0.1, 0.15) is 0 Å². The lowest BCUT2D eigenvalue weighted by Gasteiger charge is -2.08. The highest BCUT2D eigenvalue weighted by Gasteiger charge is 2.07. The average molecular weight is 318 g/mol. The molecule has 0 aliphatic carbocycles. The highest BCUT2D eigenvalue weighted by atomic mass is 79.9. The quantitative estimate of drug-likeness (QED) is 0.832. The first-order valence-corrected chi connectivity index (χ1v) is 7.25. The molecule has 2 nitrogen and oxygen atoms in total. The maximum absolute atomic E-state index is 12.2. The number of rotatable bonds is 3. The summed E-state index contributed by atoms with van der Waals surface area (Å²) in [4.78, 5) is 12.2. The van der Waals surface area contributed by atoms with Gasteiger partial charge in [0.2, 0.25) is 0 Å². The Morgan fingerprint density at radius 2 is 1.79 bits per heavy atom. The number of nitrogens with one attached hydrogen (secondary N) is 1. The Bertz CT molecular complexity index is 587. The van der Waals surface area contributed by atoms with Gasteiger partial charge < -0.3 is 5.32 Å². The third kappa shape index (κ3) is 3.67. The summed E-state index contributed by atoms with van der Waals surface area (Å²) in [5.74, 6) is -0.0708. The van der Waals surface area contributed by atoms with Crippen molar-refractivity contribution in [2.75, 3.05) is 5.32 Å². The fraction of sp³-hybridized carbons (Fsp3) is 0.188. The second kappa shape index (κ2) is 6.02. The van der Waals surface area contributed by atoms with Crippen LogP contribution in [0.3, 0.4) is 0 Å². The minimum absolute atomic E-state index is 0.0708. The Morgan fingerprint density at radius 1 is 1.11 bits per heavy atom. The molecule has 0 aromatic heterocycles. The molecule has 1 N–H and O–H groups in total. The van der Waals surface area contributed by atoms with Crippen LogP contribution in [0, 0.1) is 13.8 Å². The number of alkyl halides is 1. The van der Waals surface area contributed by atoms with Crippen LogP contribution in [0.4, 0.5) is 5.69 Å². The number of anilines is 1. The third-order valence-electron chi connectivity index (χ3n) is 2.82. The smallest absolute Gasteiger partial charge is 0.255 e. The Morgan fingerprint density at radius 3 is 2.42 bits per heavy atom. The number of amides is 1. The second-order valence-electron chi connectivity index (χ2n) is 4.66. The Labute approximate surface area is 122 Å². The molecule has 2 aromatic carbocycles. The maximum Gasteiger partial charge on any atom is 0.255 e. The van der Waals surface area contributed by atoms with E-state index in [0.29, 0.717) is 5.56 Å². The van der Waals surface area contributed by atoms with Gasteiger partial charge in [0.15, 0.2) is 0 Å². The summed E-state index contributed by atoms with van der Waals surface area (Å²) >= 11 is 3.41. The van der Waals surface area contributed by atoms with E-state index >= 15 is 0 Å². The number of carbonyl (C=O) groups excluding carboxylic acids is 1. The summed E-state index contributed by atoms with van der Waals surface area (Å²) in [5.41, 5.74) is 4.85. The summed E-state index contributed by atoms with van der Waals surface area (Å²) in [5, 5.41) is 3.71. The van der Waals surface area contributed by atoms with Crippen LogP contribution in [-0.2, 0) is 5.33 Å². The molecule has 2 aromatic rings. The van der Waals surface area contributed by atoms with Crippen LogP contribution in [0.2, 0.25) is 0 Å². The lowest BCUT2D eigenvalue weighted by Crippen LogP contribution is -2.12. The minimum atomic E-state index is -0.0708. The molecule has 0 aliphatic rings. The number of halogens is 1. The number of aryl methyl sites for hydroxylation is 2. The molecule has 0 unspecified atom stereocenters. The summed E-state index contributed by atoms with van der Waals surface area (Å²) in [6.45, 7) is 3.99. The number of benzene rings is 2. The number of hydrogen-bond acceptors (Lipinski definition) is 1. The normalized spacial score (nSPS) is 10.3. The lowest BCUT2D eigenvalue weighted by atomic mass is 10.1. The van der Waals surface area contributed by atoms with Crippen molar-refractivity contribution >= 4 is 27.5 Å². The van der Waals surface area contributed by atoms with Gasteiger partial charge in [-0.15, -0.1) is 0 Å². The maximum atomic E-state index is 12.2. The molecule has 0 saturated heterocycles. The zero-order chi connectivity index (χ0) is 13.8. The summed E-state index contributed by atoms with van der Waals surface area (Å²) in [7, 11) is 0. The first-order valence-electron chi connectivity index (χ1n) is 6.13. The van der Waals surface area contributed by atoms with Gasteiger partial charge in [0.25, 0.3) is 5.91 Å². The van der Waals surface area contributed by atoms with Crippen molar-refractivity contribution in [2.45, 2.75) is 19.2 Å². The Kier molecular flexibility index (Phi) is 4.38. The molecule has 0 bridgehead atoms. The molecule has 2 rings (SSSR count).